The molecule has 5 rings (SSSR count). The monoisotopic (exact) mass is 1080 g/mol. The number of aromatic carboxylic acids is 1. The highest BCUT2D eigenvalue weighted by Gasteiger charge is 2.23. The van der Waals surface area contributed by atoms with Gasteiger partial charge in [0.05, 0.1) is 36.1 Å². The normalized spacial score (nSPS) is 11.6. The molecule has 0 spiro atoms. The van der Waals surface area contributed by atoms with Gasteiger partial charge in [0.25, 0.3) is 23.6 Å². The molecule has 2 aromatic carbocycles. The summed E-state index contributed by atoms with van der Waals surface area (Å²) in [4.78, 5) is 123. The number of carbonyl (C=O) groups is 9. The van der Waals surface area contributed by atoms with Crippen molar-refractivity contribution in [3.63, 3.8) is 0 Å². The molecule has 1 aliphatic heterocycles. The minimum absolute atomic E-state index is 0.0203. The second-order valence-corrected chi connectivity index (χ2v) is 17.3. The van der Waals surface area contributed by atoms with E-state index in [2.05, 4.69) is 79.2 Å². The van der Waals surface area contributed by atoms with Crippen LogP contribution in [0, 0.1) is 0 Å². The molecule has 3 heterocycles. The molecule has 0 fully saturated rings. The van der Waals surface area contributed by atoms with Crippen LogP contribution in [0.3, 0.4) is 0 Å². The molecule has 0 saturated carbocycles. The van der Waals surface area contributed by atoms with Gasteiger partial charge in [0, 0.05) is 74.4 Å². The van der Waals surface area contributed by atoms with Crippen LogP contribution < -0.4 is 43.4 Å². The van der Waals surface area contributed by atoms with E-state index >= 15 is 0 Å². The van der Waals surface area contributed by atoms with Crippen LogP contribution in [0.2, 0.25) is 0 Å². The van der Waals surface area contributed by atoms with E-state index in [0.29, 0.717) is 61.3 Å². The number of benzene rings is 2. The molecule has 4 aromatic rings. The summed E-state index contributed by atoms with van der Waals surface area (Å²) in [5.74, 6) is -3.43. The predicted molar refractivity (Wildman–Crippen MR) is 299 cm³/mol. The van der Waals surface area contributed by atoms with Crippen molar-refractivity contribution >= 4 is 88.3 Å². The fourth-order valence-corrected chi connectivity index (χ4v) is 6.70. The van der Waals surface area contributed by atoms with E-state index in [-0.39, 0.29) is 65.3 Å². The molecular weight excluding hydrogens is 1000 g/mol. The number of anilines is 4. The third-order valence-electron chi connectivity index (χ3n) is 10.7. The zero-order valence-corrected chi connectivity index (χ0v) is 45.2. The molecule has 0 bridgehead atoms. The number of allylic oxidation sites excluding steroid dienone is 2. The SMILES string of the molecule is C=C(/C=C\C=O)N(C)CCC.CCC.CNCC(=O)NC(C)C(=O)Nc1ccc(C(=O)NCCCCNC(=O)c2ccc(NCc3cnc4nc(N)nc(N)c4n3)cc2)c(C(=O)O)c1.O=CCCCCCN1C(=O)C=CC1=O. The van der Waals surface area contributed by atoms with Gasteiger partial charge in [-0.2, -0.15) is 9.97 Å². The number of aldehydes is 2. The molecule has 1 aliphatic rings. The second kappa shape index (κ2) is 36.1. The van der Waals surface area contributed by atoms with Crippen molar-refractivity contribution in [2.45, 2.75) is 91.6 Å². The molecule has 0 saturated heterocycles. The quantitative estimate of drug-likeness (QED) is 0.0133. The summed E-state index contributed by atoms with van der Waals surface area (Å²) in [6, 6.07) is 9.90. The number of amides is 6. The number of carbonyl (C=O) groups excluding carboxylic acids is 8. The lowest BCUT2D eigenvalue weighted by Gasteiger charge is -2.17. The Hall–Kier alpha value is -8.93. The summed E-state index contributed by atoms with van der Waals surface area (Å²) in [7, 11) is 3.55. The number of nitrogen functional groups attached to an aromatic ring is 2. The van der Waals surface area contributed by atoms with Gasteiger partial charge in [-0.15, -0.1) is 0 Å². The minimum atomic E-state index is -1.35. The average molecular weight is 1080 g/mol. The number of unbranched alkanes of at least 4 members (excludes halogenated alkanes) is 4. The van der Waals surface area contributed by atoms with Gasteiger partial charge >= 0.3 is 5.97 Å². The highest BCUT2D eigenvalue weighted by molar-refractivity contribution is 6.13. The van der Waals surface area contributed by atoms with Crippen molar-refractivity contribution < 1.29 is 48.3 Å². The van der Waals surface area contributed by atoms with Crippen molar-refractivity contribution in [2.75, 3.05) is 68.9 Å². The first-order chi connectivity index (χ1) is 37.3. The Morgan fingerprint density at radius 3 is 2.09 bits per heavy atom. The van der Waals surface area contributed by atoms with Crippen LogP contribution >= 0.6 is 0 Å². The molecule has 0 aliphatic carbocycles. The Morgan fingerprint density at radius 2 is 1.49 bits per heavy atom. The number of aromatic nitrogens is 4. The van der Waals surface area contributed by atoms with Gasteiger partial charge in [-0.3, -0.25) is 38.5 Å². The third kappa shape index (κ3) is 23.7. The number of nitrogens with zero attached hydrogens (tertiary/aromatic N) is 6. The fraction of sp³-hybridized carbons (Fsp3) is 0.389. The lowest BCUT2D eigenvalue weighted by molar-refractivity contribution is -0.137. The van der Waals surface area contributed by atoms with Crippen LogP contribution in [0.5, 0.6) is 0 Å². The first-order valence-electron chi connectivity index (χ1n) is 25.4. The third-order valence-corrected chi connectivity index (χ3v) is 10.7. The van der Waals surface area contributed by atoms with E-state index in [1.165, 1.54) is 54.7 Å². The number of imide groups is 1. The van der Waals surface area contributed by atoms with E-state index < -0.39 is 23.8 Å². The molecule has 24 nitrogen and oxygen atoms in total. The van der Waals surface area contributed by atoms with E-state index in [9.17, 15) is 48.3 Å². The summed E-state index contributed by atoms with van der Waals surface area (Å²) < 4.78 is 0. The maximum atomic E-state index is 12.7. The number of carboxylic acid groups (broad SMARTS) is 1. The summed E-state index contributed by atoms with van der Waals surface area (Å²) in [6.45, 7) is 14.0. The van der Waals surface area contributed by atoms with Gasteiger partial charge in [0.15, 0.2) is 17.0 Å². The maximum absolute atomic E-state index is 12.7. The number of carboxylic acids is 1. The lowest BCUT2D eigenvalue weighted by atomic mass is 10.1. The van der Waals surface area contributed by atoms with Gasteiger partial charge < -0.3 is 58.2 Å². The van der Waals surface area contributed by atoms with Crippen LogP contribution in [0.15, 0.2) is 85.2 Å². The number of hydrogen-bond acceptors (Lipinski definition) is 18. The average Bonchev–Trinajstić information content (AvgIpc) is 3.75. The Kier molecular flexibility index (Phi) is 30.2. The van der Waals surface area contributed by atoms with Gasteiger partial charge in [-0.05, 0) is 101 Å². The molecule has 78 heavy (non-hydrogen) atoms. The number of nitrogens with two attached hydrogens (primary N) is 2. The summed E-state index contributed by atoms with van der Waals surface area (Å²) >= 11 is 0. The molecule has 11 N–H and O–H groups in total. The highest BCUT2D eigenvalue weighted by atomic mass is 16.4. The Labute approximate surface area is 454 Å². The molecule has 420 valence electrons. The Morgan fingerprint density at radius 1 is 0.846 bits per heavy atom. The number of rotatable bonds is 27. The topological polar surface area (TPSA) is 356 Å². The van der Waals surface area contributed by atoms with Crippen molar-refractivity contribution in [3.8, 4) is 0 Å². The van der Waals surface area contributed by atoms with E-state index in [4.69, 9.17) is 11.5 Å². The van der Waals surface area contributed by atoms with Crippen LogP contribution in [-0.4, -0.2) is 142 Å². The molecule has 24 heteroatoms. The number of hydrogen-bond donors (Lipinski definition) is 9. The van der Waals surface area contributed by atoms with Gasteiger partial charge in [-0.25, -0.2) is 14.8 Å². The second-order valence-electron chi connectivity index (χ2n) is 17.3. The standard InChI is InChI=1S/C32H38N12O6.C10H13NO3.C9H15NO.C3H8/c1-17(40-24(45)16-35-2)28(46)42-20-9-10-22(23(13-20)31(49)50)30(48)37-12-4-3-11-36-29(47)18-5-7-19(8-6-18)38-14-21-15-39-27-25(41-21)26(33)43-32(34)44-27;12-8-4-2-1-3-7-11-9(13)5-6-10(11)14;1-4-7-10(3)9(2)6-5-8-11;1-3-2/h5-10,13,15,17,35,38H,3-4,11-12,14,16H2,1-2H3,(H,36,47)(H,37,48)(H,40,45)(H,42,46)(H,49,50)(H4,33,34,39,43,44);5-6,8H,1-4,7H2;5-6,8H,2,4,7H2,1,3H3;3H2,1-2H3/b;;6-5-;. The summed E-state index contributed by atoms with van der Waals surface area (Å²) in [5, 5.41) is 26.1. The Bertz CT molecular complexity index is 2710. The first-order valence-corrected chi connectivity index (χ1v) is 25.4. The molecule has 1 atom stereocenters. The van der Waals surface area contributed by atoms with E-state index in [1.54, 1.807) is 43.6 Å². The number of fused-ring (bicyclic) bond motifs is 1. The van der Waals surface area contributed by atoms with Gasteiger partial charge in [0.2, 0.25) is 17.8 Å². The van der Waals surface area contributed by atoms with Crippen molar-refractivity contribution in [3.05, 3.63) is 108 Å². The smallest absolute Gasteiger partial charge is 0.336 e. The van der Waals surface area contributed by atoms with Gasteiger partial charge in [-0.1, -0.05) is 40.2 Å². The fourth-order valence-electron chi connectivity index (χ4n) is 6.70. The number of likely N-dealkylation sites (N-methyl/N-ethyl adjacent to an activating group) is 2. The van der Waals surface area contributed by atoms with Crippen molar-refractivity contribution in [2.24, 2.45) is 0 Å². The minimum Gasteiger partial charge on any atom is -0.478 e. The zero-order chi connectivity index (χ0) is 58.0. The van der Waals surface area contributed by atoms with Crippen LogP contribution in [0.25, 0.3) is 11.2 Å². The predicted octanol–water partition coefficient (Wildman–Crippen LogP) is 4.18. The molecule has 6 amide bonds. The van der Waals surface area contributed by atoms with Crippen LogP contribution in [-0.2, 0) is 35.3 Å². The first kappa shape index (κ1) is 65.2. The molecular formula is C54H74N14O10. The van der Waals surface area contributed by atoms with Gasteiger partial charge in [0.1, 0.15) is 18.6 Å². The highest BCUT2D eigenvalue weighted by Crippen LogP contribution is 2.18. The van der Waals surface area contributed by atoms with Crippen LogP contribution in [0.1, 0.15) is 116 Å². The molecule has 2 aromatic heterocycles. The van der Waals surface area contributed by atoms with Crippen molar-refractivity contribution in [1.82, 2.24) is 51.0 Å². The molecule has 0 radical (unpaired) electrons. The molecule has 1 unspecified atom stereocenters. The zero-order valence-electron chi connectivity index (χ0n) is 45.2. The van der Waals surface area contributed by atoms with Crippen molar-refractivity contribution in [1.29, 1.82) is 0 Å². The summed E-state index contributed by atoms with van der Waals surface area (Å²) in [5.41, 5.74) is 14.6. The van der Waals surface area contributed by atoms with Crippen LogP contribution in [0.4, 0.5) is 23.1 Å². The summed E-state index contributed by atoms with van der Waals surface area (Å²) in [6.07, 6.45) is 15.4. The van der Waals surface area contributed by atoms with E-state index in [0.717, 1.165) is 56.2 Å². The number of nitrogens with one attached hydrogen (secondary N) is 6. The Balaban J connectivity index is 0.000000602. The largest absolute Gasteiger partial charge is 0.478 e. The maximum Gasteiger partial charge on any atom is 0.336 e. The lowest BCUT2D eigenvalue weighted by Crippen LogP contribution is -2.44. The van der Waals surface area contributed by atoms with E-state index in [1.807, 2.05) is 11.9 Å².